The van der Waals surface area contributed by atoms with E-state index in [-0.39, 0.29) is 0 Å². The summed E-state index contributed by atoms with van der Waals surface area (Å²) < 4.78 is 0. The van der Waals surface area contributed by atoms with E-state index in [4.69, 9.17) is 0 Å². The Bertz CT molecular complexity index is 699. The van der Waals surface area contributed by atoms with Crippen LogP contribution in [0.5, 0.6) is 0 Å². The Morgan fingerprint density at radius 2 is 1.61 bits per heavy atom. The summed E-state index contributed by atoms with van der Waals surface area (Å²) in [5, 5.41) is 12.9. The predicted molar refractivity (Wildman–Crippen MR) is 92.3 cm³/mol. The average Bonchev–Trinajstić information content (AvgIpc) is 2.62. The molecule has 0 radical (unpaired) electrons. The minimum Gasteiger partial charge on any atom is -0.383 e. The molecule has 116 valence electrons. The van der Waals surface area contributed by atoms with Crippen LogP contribution >= 0.6 is 0 Å². The second kappa shape index (κ2) is 7.62. The summed E-state index contributed by atoms with van der Waals surface area (Å²) in [6.07, 6.45) is 0.905. The summed E-state index contributed by atoms with van der Waals surface area (Å²) in [6.45, 7) is 3.39. The molecule has 0 amide bonds. The van der Waals surface area contributed by atoms with Gasteiger partial charge in [-0.15, -0.1) is 0 Å². The minimum atomic E-state index is 0.725. The van der Waals surface area contributed by atoms with Crippen LogP contribution in [-0.4, -0.2) is 18.0 Å². The van der Waals surface area contributed by atoms with Gasteiger partial charge in [0.15, 0.2) is 0 Å². The van der Waals surface area contributed by atoms with Crippen LogP contribution in [0, 0.1) is 11.3 Å². The van der Waals surface area contributed by atoms with Crippen LogP contribution < -0.4 is 5.32 Å². The van der Waals surface area contributed by atoms with Crippen LogP contribution in [0.4, 0.5) is 0 Å². The number of rotatable bonds is 5. The van der Waals surface area contributed by atoms with Gasteiger partial charge in [0.2, 0.25) is 0 Å². The van der Waals surface area contributed by atoms with E-state index < -0.39 is 0 Å². The van der Waals surface area contributed by atoms with Crippen LogP contribution in [-0.2, 0) is 13.1 Å². The van der Waals surface area contributed by atoms with Gasteiger partial charge in [-0.3, -0.25) is 4.90 Å². The van der Waals surface area contributed by atoms with Crippen molar-refractivity contribution in [3.05, 3.63) is 83.1 Å². The molecule has 0 aromatic heterocycles. The number of nitriles is 1. The molecule has 1 heterocycles. The molecular formula is C20H21N3. The number of nitrogens with zero attached hydrogens (tertiary/aromatic N) is 2. The van der Waals surface area contributed by atoms with Gasteiger partial charge >= 0.3 is 0 Å². The summed E-state index contributed by atoms with van der Waals surface area (Å²) >= 11 is 0. The van der Waals surface area contributed by atoms with Crippen molar-refractivity contribution in [3.8, 4) is 6.07 Å². The van der Waals surface area contributed by atoms with E-state index in [1.165, 1.54) is 11.1 Å². The molecule has 23 heavy (non-hydrogen) atoms. The van der Waals surface area contributed by atoms with Gasteiger partial charge in [0, 0.05) is 38.3 Å². The molecule has 0 spiro atoms. The highest BCUT2D eigenvalue weighted by molar-refractivity contribution is 5.31. The molecule has 0 saturated carbocycles. The quantitative estimate of drug-likeness (QED) is 0.919. The zero-order valence-electron chi connectivity index (χ0n) is 13.2. The highest BCUT2D eigenvalue weighted by atomic mass is 15.1. The molecule has 3 nitrogen and oxygen atoms in total. The van der Waals surface area contributed by atoms with E-state index in [1.54, 1.807) is 0 Å². The molecule has 3 heteroatoms. The van der Waals surface area contributed by atoms with Crippen LogP contribution in [0.25, 0.3) is 0 Å². The molecule has 0 saturated heterocycles. The van der Waals surface area contributed by atoms with Crippen molar-refractivity contribution >= 4 is 0 Å². The van der Waals surface area contributed by atoms with E-state index in [1.807, 2.05) is 24.3 Å². The minimum absolute atomic E-state index is 0.725. The molecular weight excluding hydrogens is 282 g/mol. The van der Waals surface area contributed by atoms with Crippen molar-refractivity contribution in [1.29, 1.82) is 5.26 Å². The molecule has 1 N–H and O–H groups in total. The van der Waals surface area contributed by atoms with Gasteiger partial charge < -0.3 is 5.32 Å². The third-order valence-corrected chi connectivity index (χ3v) is 4.16. The first-order valence-electron chi connectivity index (χ1n) is 8.01. The first kappa shape index (κ1) is 15.3. The molecule has 2 aromatic rings. The molecule has 3 rings (SSSR count). The Morgan fingerprint density at radius 1 is 0.957 bits per heavy atom. The molecule has 1 aliphatic rings. The number of benzene rings is 2. The van der Waals surface area contributed by atoms with Crippen molar-refractivity contribution in [3.63, 3.8) is 0 Å². The Kier molecular flexibility index (Phi) is 5.08. The second-order valence-corrected chi connectivity index (χ2v) is 5.85. The number of hydrogen-bond donors (Lipinski definition) is 1. The lowest BCUT2D eigenvalue weighted by molar-refractivity contribution is 0.276. The number of hydrogen-bond acceptors (Lipinski definition) is 3. The van der Waals surface area contributed by atoms with Gasteiger partial charge in [0.25, 0.3) is 0 Å². The second-order valence-electron chi connectivity index (χ2n) is 5.85. The van der Waals surface area contributed by atoms with Crippen LogP contribution in [0.15, 0.2) is 71.9 Å². The van der Waals surface area contributed by atoms with E-state index in [2.05, 4.69) is 52.7 Å². The Hall–Kier alpha value is -2.57. The first-order chi connectivity index (χ1) is 11.3. The third kappa shape index (κ3) is 4.21. The molecule has 2 aromatic carbocycles. The SMILES string of the molecule is N#CC1=C(NCc2ccccc2)CCN(Cc2ccccc2)C1. The average molecular weight is 303 g/mol. The van der Waals surface area contributed by atoms with Crippen molar-refractivity contribution in [2.24, 2.45) is 0 Å². The van der Waals surface area contributed by atoms with Gasteiger partial charge in [-0.25, -0.2) is 0 Å². The van der Waals surface area contributed by atoms with Gasteiger partial charge in [-0.2, -0.15) is 5.26 Å². The Morgan fingerprint density at radius 3 is 2.26 bits per heavy atom. The van der Waals surface area contributed by atoms with E-state index in [0.717, 1.165) is 43.9 Å². The van der Waals surface area contributed by atoms with Crippen molar-refractivity contribution < 1.29 is 0 Å². The van der Waals surface area contributed by atoms with Crippen molar-refractivity contribution in [2.45, 2.75) is 19.5 Å². The third-order valence-electron chi connectivity index (χ3n) is 4.16. The van der Waals surface area contributed by atoms with E-state index >= 15 is 0 Å². The molecule has 0 fully saturated rings. The zero-order chi connectivity index (χ0) is 15.9. The smallest absolute Gasteiger partial charge is 0.0979 e. The lowest BCUT2D eigenvalue weighted by Gasteiger charge is -2.29. The predicted octanol–water partition coefficient (Wildman–Crippen LogP) is 3.46. The van der Waals surface area contributed by atoms with E-state index in [0.29, 0.717) is 0 Å². The van der Waals surface area contributed by atoms with Gasteiger partial charge in [-0.05, 0) is 11.1 Å². The maximum atomic E-state index is 9.47. The summed E-state index contributed by atoms with van der Waals surface area (Å²) in [4.78, 5) is 2.33. The summed E-state index contributed by atoms with van der Waals surface area (Å²) in [5.41, 5.74) is 4.50. The lowest BCUT2D eigenvalue weighted by atomic mass is 10.1. The normalized spacial score (nSPS) is 15.3. The fourth-order valence-corrected chi connectivity index (χ4v) is 2.90. The standard InChI is InChI=1S/C20H21N3/c21-13-19-16-23(15-18-9-5-2-6-10-18)12-11-20(19)22-14-17-7-3-1-4-8-17/h1-10,22H,11-12,14-16H2. The number of nitrogens with one attached hydrogen (secondary N) is 1. The molecule has 1 aliphatic heterocycles. The molecule has 0 bridgehead atoms. The fraction of sp³-hybridized carbons (Fsp3) is 0.250. The molecule has 0 unspecified atom stereocenters. The van der Waals surface area contributed by atoms with Crippen molar-refractivity contribution in [1.82, 2.24) is 10.2 Å². The Labute approximate surface area is 137 Å². The zero-order valence-corrected chi connectivity index (χ0v) is 13.2. The summed E-state index contributed by atoms with van der Waals surface area (Å²) in [7, 11) is 0. The maximum Gasteiger partial charge on any atom is 0.0979 e. The summed E-state index contributed by atoms with van der Waals surface area (Å²) in [5.74, 6) is 0. The maximum absolute atomic E-state index is 9.47. The van der Waals surface area contributed by atoms with Crippen LogP contribution in [0.2, 0.25) is 0 Å². The van der Waals surface area contributed by atoms with Gasteiger partial charge in [-0.1, -0.05) is 60.7 Å². The molecule has 0 aliphatic carbocycles. The molecule has 0 atom stereocenters. The van der Waals surface area contributed by atoms with Crippen LogP contribution in [0.3, 0.4) is 0 Å². The summed E-state index contributed by atoms with van der Waals surface area (Å²) in [6, 6.07) is 23.1. The lowest BCUT2D eigenvalue weighted by Crippen LogP contribution is -2.34. The monoisotopic (exact) mass is 303 g/mol. The van der Waals surface area contributed by atoms with Crippen LogP contribution in [0.1, 0.15) is 17.5 Å². The topological polar surface area (TPSA) is 39.1 Å². The van der Waals surface area contributed by atoms with Gasteiger partial charge in [0.1, 0.15) is 0 Å². The van der Waals surface area contributed by atoms with Crippen molar-refractivity contribution in [2.75, 3.05) is 13.1 Å². The fourth-order valence-electron chi connectivity index (χ4n) is 2.90. The largest absolute Gasteiger partial charge is 0.383 e. The Balaban J connectivity index is 1.62. The highest BCUT2D eigenvalue weighted by Crippen LogP contribution is 2.18. The van der Waals surface area contributed by atoms with Gasteiger partial charge in [0.05, 0.1) is 11.6 Å². The highest BCUT2D eigenvalue weighted by Gasteiger charge is 2.18. The first-order valence-corrected chi connectivity index (χ1v) is 8.01. The van der Waals surface area contributed by atoms with E-state index in [9.17, 15) is 5.26 Å².